The van der Waals surface area contributed by atoms with E-state index in [-0.39, 0.29) is 49.9 Å². The number of likely N-dealkylation sites (N-methyl/N-ethyl adjacent to an activating group) is 1. The standard InChI is InChI=1S/C57H79N3O9/c1-4-6-7-8-9-10-11-12-13-19-32-58-56(64)67-45-30-31-50-48(39-45)53-46(26-17-21-34-62)43(25-16-20-33-61)38-47-49(59-69-52-27-18-22-36-65-52)40-51(57(68-50,54(47)53)66-35-5-2)60(3)55(63)44-29-28-41-23-14-15-24-42(41)37-44/h5,14-15,23-24,28-31,37-39,43,46,51-54,61-62H,2,4,6-13,16-22,25-27,32-36,40H2,1,3H3,(H,58,64)/t43-,46+,51-,52?,53+,54+,57+/m0/s1. The van der Waals surface area contributed by atoms with Crippen LogP contribution in [0.2, 0.25) is 0 Å². The van der Waals surface area contributed by atoms with Crippen LogP contribution in [0.5, 0.6) is 11.5 Å². The lowest BCUT2D eigenvalue weighted by molar-refractivity contribution is -0.252. The summed E-state index contributed by atoms with van der Waals surface area (Å²) in [5.74, 6) is -1.31. The van der Waals surface area contributed by atoms with E-state index in [1.165, 1.54) is 44.9 Å². The molecule has 0 bridgehead atoms. The highest BCUT2D eigenvalue weighted by atomic mass is 16.8. The second-order valence-corrected chi connectivity index (χ2v) is 19.7. The normalized spacial score (nSPS) is 24.4. The van der Waals surface area contributed by atoms with Gasteiger partial charge in [0.25, 0.3) is 5.91 Å². The van der Waals surface area contributed by atoms with Crippen LogP contribution >= 0.6 is 0 Å². The predicted octanol–water partition coefficient (Wildman–Crippen LogP) is 11.8. The number of hydrogen-bond donors (Lipinski definition) is 3. The van der Waals surface area contributed by atoms with Crippen molar-refractivity contribution in [3.63, 3.8) is 0 Å². The van der Waals surface area contributed by atoms with Crippen LogP contribution in [0.3, 0.4) is 0 Å². The molecular formula is C57H79N3O9. The van der Waals surface area contributed by atoms with Gasteiger partial charge in [-0.15, -0.1) is 6.58 Å². The molecule has 1 unspecified atom stereocenters. The number of aliphatic hydroxyl groups is 2. The van der Waals surface area contributed by atoms with Gasteiger partial charge in [0.2, 0.25) is 12.1 Å². The molecule has 7 atom stereocenters. The molecule has 376 valence electrons. The predicted molar refractivity (Wildman–Crippen MR) is 272 cm³/mol. The van der Waals surface area contributed by atoms with E-state index >= 15 is 0 Å². The van der Waals surface area contributed by atoms with E-state index in [1.54, 1.807) is 17.0 Å². The molecule has 4 aliphatic rings. The van der Waals surface area contributed by atoms with Gasteiger partial charge in [0.1, 0.15) is 17.5 Å². The number of ether oxygens (including phenoxy) is 4. The van der Waals surface area contributed by atoms with Gasteiger partial charge in [-0.1, -0.05) is 125 Å². The Morgan fingerprint density at radius 2 is 1.62 bits per heavy atom. The highest BCUT2D eigenvalue weighted by molar-refractivity contribution is 6.04. The fraction of sp³-hybridized carbons (Fsp3) is 0.596. The smallest absolute Gasteiger partial charge is 0.412 e. The van der Waals surface area contributed by atoms with Crippen molar-refractivity contribution < 1.29 is 43.6 Å². The molecule has 7 rings (SSSR count). The average Bonchev–Trinajstić information content (AvgIpc) is 3.37. The summed E-state index contributed by atoms with van der Waals surface area (Å²) in [6, 6.07) is 18.7. The van der Waals surface area contributed by atoms with E-state index in [2.05, 4.69) is 24.9 Å². The Morgan fingerprint density at radius 3 is 2.35 bits per heavy atom. The molecule has 0 radical (unpaired) electrons. The molecule has 2 fully saturated rings. The van der Waals surface area contributed by atoms with Crippen LogP contribution in [0.15, 0.2) is 90.1 Å². The van der Waals surface area contributed by atoms with Crippen molar-refractivity contribution in [2.45, 2.75) is 159 Å². The zero-order valence-corrected chi connectivity index (χ0v) is 41.4. The minimum absolute atomic E-state index is 0.0165. The van der Waals surface area contributed by atoms with Crippen molar-refractivity contribution in [3.05, 3.63) is 96.1 Å². The molecule has 3 N–H and O–H groups in total. The zero-order chi connectivity index (χ0) is 48.4. The topological polar surface area (TPSA) is 148 Å². The number of carbonyl (C=O) groups excluding carboxylic acids is 2. The number of oxime groups is 1. The first-order chi connectivity index (χ1) is 33.8. The largest absolute Gasteiger partial charge is 0.459 e. The molecule has 2 aliphatic carbocycles. The molecule has 12 nitrogen and oxygen atoms in total. The maximum atomic E-state index is 15.0. The van der Waals surface area contributed by atoms with Gasteiger partial charge in [-0.05, 0) is 103 Å². The summed E-state index contributed by atoms with van der Waals surface area (Å²) in [5.41, 5.74) is 3.05. The Bertz CT molecular complexity index is 2190. The SMILES string of the molecule is C=CCO[C@@]12Oc3ccc(OC(=O)NCCCCCCCCCCCC)cc3[C@H]3[C@H](CCCCO)[C@@H](CCCCO)C=C(C(=NOC4CCCCO4)C[C@@H]1N(C)C(=O)c1ccc4ccccc4c1)[C@H]32. The third-order valence-electron chi connectivity index (χ3n) is 14.9. The van der Waals surface area contributed by atoms with E-state index in [4.69, 9.17) is 28.9 Å². The number of hydrogen-bond acceptors (Lipinski definition) is 10. The number of amides is 2. The summed E-state index contributed by atoms with van der Waals surface area (Å²) in [6.45, 7) is 7.77. The number of rotatable bonds is 27. The molecule has 3 aromatic rings. The molecule has 12 heteroatoms. The van der Waals surface area contributed by atoms with Crippen LogP contribution in [0.1, 0.15) is 157 Å². The van der Waals surface area contributed by atoms with E-state index < -0.39 is 30.1 Å². The number of fused-ring (bicyclic) bond motifs is 3. The minimum Gasteiger partial charge on any atom is -0.459 e. The van der Waals surface area contributed by atoms with Gasteiger partial charge in [0, 0.05) is 56.7 Å². The lowest BCUT2D eigenvalue weighted by Crippen LogP contribution is -2.69. The number of unbranched alkanes of at least 4 members (excludes halogenated alkanes) is 11. The van der Waals surface area contributed by atoms with Crippen LogP contribution in [0.25, 0.3) is 10.8 Å². The Labute approximate surface area is 410 Å². The number of benzene rings is 3. The Morgan fingerprint density at radius 1 is 0.884 bits per heavy atom. The molecule has 2 heterocycles. The number of allylic oxidation sites excluding steroid dienone is 1. The maximum Gasteiger partial charge on any atom is 0.412 e. The zero-order valence-electron chi connectivity index (χ0n) is 41.4. The van der Waals surface area contributed by atoms with Crippen LogP contribution in [-0.4, -0.2) is 91.0 Å². The average molecular weight is 950 g/mol. The second-order valence-electron chi connectivity index (χ2n) is 19.7. The van der Waals surface area contributed by atoms with Gasteiger partial charge in [0.15, 0.2) is 0 Å². The Kier molecular flexibility index (Phi) is 20.0. The first kappa shape index (κ1) is 52.1. The number of carbonyl (C=O) groups is 2. The quantitative estimate of drug-likeness (QED) is 0.0386. The highest BCUT2D eigenvalue weighted by Gasteiger charge is 2.65. The molecule has 2 amide bonds. The monoisotopic (exact) mass is 950 g/mol. The fourth-order valence-electron chi connectivity index (χ4n) is 11.3. The summed E-state index contributed by atoms with van der Waals surface area (Å²) in [4.78, 5) is 36.4. The Balaban J connectivity index is 1.25. The van der Waals surface area contributed by atoms with Crippen LogP contribution in [0.4, 0.5) is 4.79 Å². The third kappa shape index (κ3) is 13.2. The second kappa shape index (κ2) is 26.5. The van der Waals surface area contributed by atoms with Crippen molar-refractivity contribution >= 4 is 28.5 Å². The van der Waals surface area contributed by atoms with Crippen molar-refractivity contribution in [2.24, 2.45) is 22.9 Å². The molecule has 0 spiro atoms. The lowest BCUT2D eigenvalue weighted by atomic mass is 9.55. The van der Waals surface area contributed by atoms with Crippen molar-refractivity contribution in [2.75, 3.05) is 40.0 Å². The van der Waals surface area contributed by atoms with Gasteiger partial charge >= 0.3 is 6.09 Å². The molecule has 69 heavy (non-hydrogen) atoms. The maximum absolute atomic E-state index is 15.0. The summed E-state index contributed by atoms with van der Waals surface area (Å²) >= 11 is 0. The molecule has 2 aliphatic heterocycles. The lowest BCUT2D eigenvalue weighted by Gasteiger charge is -2.59. The minimum atomic E-state index is -1.42. The van der Waals surface area contributed by atoms with E-state index in [0.717, 1.165) is 86.1 Å². The van der Waals surface area contributed by atoms with Gasteiger partial charge in [-0.3, -0.25) is 4.79 Å². The molecule has 1 saturated heterocycles. The molecule has 3 aromatic carbocycles. The van der Waals surface area contributed by atoms with E-state index in [1.807, 2.05) is 61.6 Å². The van der Waals surface area contributed by atoms with Gasteiger partial charge < -0.3 is 44.2 Å². The number of nitrogens with one attached hydrogen (secondary N) is 1. The third-order valence-corrected chi connectivity index (χ3v) is 14.9. The van der Waals surface area contributed by atoms with Crippen molar-refractivity contribution in [1.82, 2.24) is 10.2 Å². The summed E-state index contributed by atoms with van der Waals surface area (Å²) < 4.78 is 26.5. The van der Waals surface area contributed by atoms with Crippen molar-refractivity contribution in [3.8, 4) is 11.5 Å². The number of nitrogens with zero attached hydrogens (tertiary/aromatic N) is 2. The van der Waals surface area contributed by atoms with Crippen LogP contribution in [-0.2, 0) is 14.3 Å². The van der Waals surface area contributed by atoms with Gasteiger partial charge in [0.05, 0.1) is 24.8 Å². The summed E-state index contributed by atoms with van der Waals surface area (Å²) in [7, 11) is 1.82. The molecule has 1 saturated carbocycles. The number of aliphatic hydroxyl groups excluding tert-OH is 2. The first-order valence-electron chi connectivity index (χ1n) is 26.4. The Hall–Kier alpha value is -4.75. The first-order valence-corrected chi connectivity index (χ1v) is 26.4. The van der Waals surface area contributed by atoms with Gasteiger partial charge in [-0.2, -0.15) is 0 Å². The van der Waals surface area contributed by atoms with Gasteiger partial charge in [-0.25, -0.2) is 4.79 Å². The summed E-state index contributed by atoms with van der Waals surface area (Å²) in [5, 5.41) is 29.9. The van der Waals surface area contributed by atoms with Crippen molar-refractivity contribution in [1.29, 1.82) is 0 Å². The summed E-state index contributed by atoms with van der Waals surface area (Å²) in [6.07, 6.45) is 22.6. The van der Waals surface area contributed by atoms with Crippen LogP contribution in [0, 0.1) is 17.8 Å². The molecule has 0 aromatic heterocycles. The van der Waals surface area contributed by atoms with Crippen LogP contribution < -0.4 is 14.8 Å². The highest BCUT2D eigenvalue weighted by Crippen LogP contribution is 2.62. The fourth-order valence-corrected chi connectivity index (χ4v) is 11.3. The molecular weight excluding hydrogens is 871 g/mol. The van der Waals surface area contributed by atoms with E-state index in [9.17, 15) is 19.8 Å². The van der Waals surface area contributed by atoms with E-state index in [0.29, 0.717) is 48.8 Å².